The normalized spacial score (nSPS) is 19.8. The smallest absolute Gasteiger partial charge is 0.142 e. The summed E-state index contributed by atoms with van der Waals surface area (Å²) in [5.41, 5.74) is 1.21. The number of fused-ring (bicyclic) bond motifs is 1. The fraction of sp³-hybridized carbons (Fsp3) is 0.571. The van der Waals surface area contributed by atoms with E-state index in [-0.39, 0.29) is 0 Å². The van der Waals surface area contributed by atoms with E-state index in [2.05, 4.69) is 0 Å². The van der Waals surface area contributed by atoms with Gasteiger partial charge in [-0.05, 0) is 50.2 Å². The third-order valence-corrected chi connectivity index (χ3v) is 3.85. The summed E-state index contributed by atoms with van der Waals surface area (Å²) in [6.45, 7) is 0.803. The van der Waals surface area contributed by atoms with Crippen molar-refractivity contribution in [2.45, 2.75) is 44.6 Å². The molecule has 1 aliphatic heterocycles. The highest BCUT2D eigenvalue weighted by atomic mass is 35.5. The second-order valence-electron chi connectivity index (χ2n) is 4.87. The van der Waals surface area contributed by atoms with E-state index < -0.39 is 0 Å². The molecule has 1 aromatic rings. The first-order valence-electron chi connectivity index (χ1n) is 6.45. The summed E-state index contributed by atoms with van der Waals surface area (Å²) in [4.78, 5) is 0. The van der Waals surface area contributed by atoms with Crippen LogP contribution in [0.5, 0.6) is 11.5 Å². The van der Waals surface area contributed by atoms with Crippen LogP contribution in [0.4, 0.5) is 0 Å². The van der Waals surface area contributed by atoms with Crippen LogP contribution in [0.15, 0.2) is 12.1 Å². The topological polar surface area (TPSA) is 18.5 Å². The lowest BCUT2D eigenvalue weighted by molar-refractivity contribution is 0.208. The highest BCUT2D eigenvalue weighted by molar-refractivity contribution is 6.32. The van der Waals surface area contributed by atoms with Crippen LogP contribution in [0.25, 0.3) is 0 Å². The van der Waals surface area contributed by atoms with Crippen LogP contribution in [0.3, 0.4) is 0 Å². The molecule has 3 heteroatoms. The Morgan fingerprint density at radius 2 is 2.00 bits per heavy atom. The zero-order valence-corrected chi connectivity index (χ0v) is 10.6. The van der Waals surface area contributed by atoms with Crippen molar-refractivity contribution in [3.05, 3.63) is 22.7 Å². The Labute approximate surface area is 107 Å². The van der Waals surface area contributed by atoms with E-state index in [0.717, 1.165) is 48.8 Å². The molecule has 3 rings (SSSR count). The maximum absolute atomic E-state index is 6.26. The number of ether oxygens (including phenoxy) is 2. The van der Waals surface area contributed by atoms with E-state index in [1.807, 2.05) is 12.1 Å². The summed E-state index contributed by atoms with van der Waals surface area (Å²) in [6.07, 6.45) is 7.30. The first kappa shape index (κ1) is 11.2. The molecule has 0 radical (unpaired) electrons. The minimum atomic E-state index is 0.342. The van der Waals surface area contributed by atoms with E-state index >= 15 is 0 Å². The maximum atomic E-state index is 6.26. The number of hydrogen-bond acceptors (Lipinski definition) is 2. The zero-order valence-electron chi connectivity index (χ0n) is 9.88. The molecule has 0 amide bonds. The summed E-state index contributed by atoms with van der Waals surface area (Å²) in [6, 6.07) is 3.97. The summed E-state index contributed by atoms with van der Waals surface area (Å²) < 4.78 is 11.6. The average molecular weight is 253 g/mol. The van der Waals surface area contributed by atoms with Crippen molar-refractivity contribution < 1.29 is 9.47 Å². The van der Waals surface area contributed by atoms with Crippen LogP contribution < -0.4 is 9.47 Å². The van der Waals surface area contributed by atoms with Gasteiger partial charge in [-0.1, -0.05) is 11.6 Å². The Bertz CT molecular complexity index is 411. The lowest BCUT2D eigenvalue weighted by Crippen LogP contribution is -2.13. The van der Waals surface area contributed by atoms with Gasteiger partial charge in [-0.3, -0.25) is 0 Å². The van der Waals surface area contributed by atoms with E-state index in [0.29, 0.717) is 6.10 Å². The monoisotopic (exact) mass is 252 g/mol. The fourth-order valence-corrected chi connectivity index (χ4v) is 2.86. The third kappa shape index (κ3) is 2.37. The molecule has 0 atom stereocenters. The lowest BCUT2D eigenvalue weighted by Gasteiger charge is -2.20. The van der Waals surface area contributed by atoms with Gasteiger partial charge >= 0.3 is 0 Å². The summed E-state index contributed by atoms with van der Waals surface area (Å²) in [5.74, 6) is 1.74. The standard InChI is InChI=1S/C14H17ClO2/c15-12-8-10-4-3-7-16-13(10)9-14(12)17-11-5-1-2-6-11/h8-9,11H,1-7H2. The van der Waals surface area contributed by atoms with Crippen molar-refractivity contribution in [3.63, 3.8) is 0 Å². The van der Waals surface area contributed by atoms with Crippen LogP contribution in [0, 0.1) is 0 Å². The Morgan fingerprint density at radius 3 is 2.82 bits per heavy atom. The van der Waals surface area contributed by atoms with Gasteiger partial charge in [0, 0.05) is 6.07 Å². The fourth-order valence-electron chi connectivity index (χ4n) is 2.63. The Hall–Kier alpha value is -0.890. The molecule has 1 saturated carbocycles. The van der Waals surface area contributed by atoms with Crippen molar-refractivity contribution in [2.24, 2.45) is 0 Å². The predicted molar refractivity (Wildman–Crippen MR) is 68.2 cm³/mol. The molecule has 1 heterocycles. The minimum absolute atomic E-state index is 0.342. The Balaban J connectivity index is 1.83. The second kappa shape index (κ2) is 4.77. The molecule has 0 saturated heterocycles. The quantitative estimate of drug-likeness (QED) is 0.793. The van der Waals surface area contributed by atoms with E-state index in [9.17, 15) is 0 Å². The number of rotatable bonds is 2. The number of benzene rings is 1. The molecular weight excluding hydrogens is 236 g/mol. The zero-order chi connectivity index (χ0) is 11.7. The first-order chi connectivity index (χ1) is 8.33. The molecule has 1 aliphatic carbocycles. The van der Waals surface area contributed by atoms with Crippen molar-refractivity contribution in [2.75, 3.05) is 6.61 Å². The molecule has 0 spiro atoms. The van der Waals surface area contributed by atoms with Gasteiger partial charge in [-0.25, -0.2) is 0 Å². The number of aryl methyl sites for hydroxylation is 1. The summed E-state index contributed by atoms with van der Waals surface area (Å²) >= 11 is 6.26. The molecule has 1 fully saturated rings. The van der Waals surface area contributed by atoms with Crippen LogP contribution in [-0.4, -0.2) is 12.7 Å². The third-order valence-electron chi connectivity index (χ3n) is 3.56. The van der Waals surface area contributed by atoms with Gasteiger partial charge in [0.1, 0.15) is 11.5 Å². The van der Waals surface area contributed by atoms with Gasteiger partial charge in [0.05, 0.1) is 17.7 Å². The molecule has 2 nitrogen and oxygen atoms in total. The van der Waals surface area contributed by atoms with E-state index in [4.69, 9.17) is 21.1 Å². The molecule has 2 aliphatic rings. The SMILES string of the molecule is Clc1cc2c(cc1OC1CCCC1)OCCC2. The van der Waals surface area contributed by atoms with Gasteiger partial charge in [-0.2, -0.15) is 0 Å². The molecule has 17 heavy (non-hydrogen) atoms. The van der Waals surface area contributed by atoms with Crippen molar-refractivity contribution >= 4 is 11.6 Å². The van der Waals surface area contributed by atoms with E-state index in [1.54, 1.807) is 0 Å². The molecule has 0 N–H and O–H groups in total. The molecular formula is C14H17ClO2. The van der Waals surface area contributed by atoms with Gasteiger partial charge in [0.25, 0.3) is 0 Å². The van der Waals surface area contributed by atoms with Gasteiger partial charge in [0.2, 0.25) is 0 Å². The number of halogens is 1. The molecule has 92 valence electrons. The Kier molecular flexibility index (Phi) is 3.15. The highest BCUT2D eigenvalue weighted by Crippen LogP contribution is 2.37. The molecule has 0 aromatic heterocycles. The van der Waals surface area contributed by atoms with Crippen LogP contribution in [-0.2, 0) is 6.42 Å². The average Bonchev–Trinajstić information content (AvgIpc) is 2.83. The van der Waals surface area contributed by atoms with Crippen LogP contribution in [0.2, 0.25) is 5.02 Å². The summed E-state index contributed by atoms with van der Waals surface area (Å²) in [7, 11) is 0. The summed E-state index contributed by atoms with van der Waals surface area (Å²) in [5, 5.41) is 0.723. The lowest BCUT2D eigenvalue weighted by atomic mass is 10.1. The molecule has 0 unspecified atom stereocenters. The van der Waals surface area contributed by atoms with E-state index in [1.165, 1.54) is 18.4 Å². The van der Waals surface area contributed by atoms with Crippen molar-refractivity contribution in [3.8, 4) is 11.5 Å². The minimum Gasteiger partial charge on any atom is -0.493 e. The van der Waals surface area contributed by atoms with Crippen molar-refractivity contribution in [1.29, 1.82) is 0 Å². The van der Waals surface area contributed by atoms with Gasteiger partial charge in [-0.15, -0.1) is 0 Å². The van der Waals surface area contributed by atoms with Crippen molar-refractivity contribution in [1.82, 2.24) is 0 Å². The number of hydrogen-bond donors (Lipinski definition) is 0. The van der Waals surface area contributed by atoms with Crippen LogP contribution in [0.1, 0.15) is 37.7 Å². The molecule has 0 bridgehead atoms. The predicted octanol–water partition coefficient (Wildman–Crippen LogP) is 3.99. The van der Waals surface area contributed by atoms with Gasteiger partial charge in [0.15, 0.2) is 0 Å². The largest absolute Gasteiger partial charge is 0.493 e. The van der Waals surface area contributed by atoms with Crippen LogP contribution >= 0.6 is 11.6 Å². The Morgan fingerprint density at radius 1 is 1.18 bits per heavy atom. The maximum Gasteiger partial charge on any atom is 0.142 e. The highest BCUT2D eigenvalue weighted by Gasteiger charge is 2.20. The van der Waals surface area contributed by atoms with Gasteiger partial charge < -0.3 is 9.47 Å². The first-order valence-corrected chi connectivity index (χ1v) is 6.82. The second-order valence-corrected chi connectivity index (χ2v) is 5.27. The molecule has 1 aromatic carbocycles.